The zero-order valence-electron chi connectivity index (χ0n) is 14.1. The highest BCUT2D eigenvalue weighted by Crippen LogP contribution is 2.21. The average molecular weight is 316 g/mol. The summed E-state index contributed by atoms with van der Waals surface area (Å²) >= 11 is 0. The van der Waals surface area contributed by atoms with E-state index in [1.165, 1.54) is 0 Å². The van der Waals surface area contributed by atoms with Gasteiger partial charge in [-0.1, -0.05) is 12.1 Å². The number of rotatable bonds is 3. The Morgan fingerprint density at radius 1 is 1.39 bits per heavy atom. The molecule has 0 radical (unpaired) electrons. The summed E-state index contributed by atoms with van der Waals surface area (Å²) in [7, 11) is 0. The minimum atomic E-state index is -0.0108. The second-order valence-electron chi connectivity index (χ2n) is 6.47. The van der Waals surface area contributed by atoms with Crippen molar-refractivity contribution in [3.63, 3.8) is 0 Å². The second kappa shape index (κ2) is 6.20. The molecule has 0 saturated carbocycles. The summed E-state index contributed by atoms with van der Waals surface area (Å²) in [5.74, 6) is 1.89. The van der Waals surface area contributed by atoms with E-state index < -0.39 is 0 Å². The van der Waals surface area contributed by atoms with Gasteiger partial charge in [0.05, 0.1) is 5.56 Å². The molecule has 1 aliphatic rings. The van der Waals surface area contributed by atoms with Gasteiger partial charge in [-0.25, -0.2) is 0 Å². The molecule has 1 saturated heterocycles. The Kier molecular flexibility index (Phi) is 4.26. The van der Waals surface area contributed by atoms with Crippen molar-refractivity contribution in [2.75, 3.05) is 13.1 Å². The number of aryl methyl sites for hydroxylation is 2. The summed E-state index contributed by atoms with van der Waals surface area (Å²) in [5, 5.41) is 10.6. The molecule has 23 heavy (non-hydrogen) atoms. The van der Waals surface area contributed by atoms with Gasteiger partial charge in [0.15, 0.2) is 5.82 Å². The lowest BCUT2D eigenvalue weighted by molar-refractivity contribution is 0.0913. The molecule has 0 bridgehead atoms. The lowest BCUT2D eigenvalue weighted by Crippen LogP contribution is -2.48. The number of hydrogen-bond acceptors (Lipinski definition) is 4. The van der Waals surface area contributed by atoms with Crippen LogP contribution in [-0.2, 0) is 0 Å². The van der Waals surface area contributed by atoms with Gasteiger partial charge in [-0.2, -0.15) is 0 Å². The molecule has 0 aliphatic carbocycles. The normalized spacial score (nSPS) is 21.4. The third kappa shape index (κ3) is 3.03. The van der Waals surface area contributed by atoms with Crippen molar-refractivity contribution >= 4 is 5.91 Å². The number of piperidine rings is 1. The minimum Gasteiger partial charge on any atom is -0.360 e. The number of amides is 1. The van der Waals surface area contributed by atoms with Crippen LogP contribution in [0.15, 0.2) is 16.7 Å². The molecular formula is C17H24N4O2. The summed E-state index contributed by atoms with van der Waals surface area (Å²) in [6.45, 7) is 9.84. The van der Waals surface area contributed by atoms with Crippen molar-refractivity contribution in [2.24, 2.45) is 5.92 Å². The van der Waals surface area contributed by atoms with E-state index in [0.29, 0.717) is 17.3 Å². The summed E-state index contributed by atoms with van der Waals surface area (Å²) in [6.07, 6.45) is 0.966. The number of carbonyl (C=O) groups is 1. The van der Waals surface area contributed by atoms with Crippen LogP contribution in [0, 0.1) is 26.7 Å². The first-order valence-electron chi connectivity index (χ1n) is 8.11. The standard InChI is InChI=1S/C17H24N4O2/c1-10-9-18-6-5-15(10)19-17(22)14-7-11(2)21(13(14)4)16-8-12(3)23-20-16/h7-8,10,15,18H,5-6,9H2,1-4H3,(H,19,22). The summed E-state index contributed by atoms with van der Waals surface area (Å²) in [6, 6.07) is 4.01. The minimum absolute atomic E-state index is 0.0108. The van der Waals surface area contributed by atoms with Gasteiger partial charge in [0.2, 0.25) is 0 Å². The topological polar surface area (TPSA) is 72.1 Å². The van der Waals surface area contributed by atoms with E-state index in [4.69, 9.17) is 4.52 Å². The van der Waals surface area contributed by atoms with E-state index in [1.807, 2.05) is 37.5 Å². The van der Waals surface area contributed by atoms with Crippen LogP contribution in [0.4, 0.5) is 0 Å². The molecule has 0 spiro atoms. The summed E-state index contributed by atoms with van der Waals surface area (Å²) < 4.78 is 7.11. The van der Waals surface area contributed by atoms with Crippen LogP contribution in [0.2, 0.25) is 0 Å². The highest BCUT2D eigenvalue weighted by atomic mass is 16.5. The van der Waals surface area contributed by atoms with Crippen molar-refractivity contribution in [1.82, 2.24) is 20.4 Å². The molecular weight excluding hydrogens is 292 g/mol. The Morgan fingerprint density at radius 2 is 2.17 bits per heavy atom. The number of nitrogens with one attached hydrogen (secondary N) is 2. The number of carbonyl (C=O) groups excluding carboxylic acids is 1. The van der Waals surface area contributed by atoms with Gasteiger partial charge in [-0.05, 0) is 52.3 Å². The van der Waals surface area contributed by atoms with E-state index in [2.05, 4.69) is 22.7 Å². The molecule has 2 aromatic rings. The summed E-state index contributed by atoms with van der Waals surface area (Å²) in [5.41, 5.74) is 2.56. The van der Waals surface area contributed by atoms with Gasteiger partial charge in [-0.15, -0.1) is 0 Å². The predicted octanol–water partition coefficient (Wildman–Crippen LogP) is 2.12. The van der Waals surface area contributed by atoms with Crippen molar-refractivity contribution < 1.29 is 9.32 Å². The second-order valence-corrected chi connectivity index (χ2v) is 6.47. The van der Waals surface area contributed by atoms with E-state index in [-0.39, 0.29) is 11.9 Å². The number of aromatic nitrogens is 2. The third-order valence-corrected chi connectivity index (χ3v) is 4.62. The fourth-order valence-corrected chi connectivity index (χ4v) is 3.28. The molecule has 3 rings (SSSR count). The van der Waals surface area contributed by atoms with Crippen LogP contribution in [0.3, 0.4) is 0 Å². The van der Waals surface area contributed by atoms with E-state index in [9.17, 15) is 4.79 Å². The average Bonchev–Trinajstić information content (AvgIpc) is 3.05. The van der Waals surface area contributed by atoms with Crippen molar-refractivity contribution in [2.45, 2.75) is 40.2 Å². The van der Waals surface area contributed by atoms with Gasteiger partial charge in [0.1, 0.15) is 5.76 Å². The molecule has 1 amide bonds. The van der Waals surface area contributed by atoms with Crippen molar-refractivity contribution in [1.29, 1.82) is 0 Å². The Morgan fingerprint density at radius 3 is 2.83 bits per heavy atom. The Bertz CT molecular complexity index is 716. The molecule has 2 atom stereocenters. The van der Waals surface area contributed by atoms with Crippen LogP contribution in [-0.4, -0.2) is 34.8 Å². The zero-order valence-corrected chi connectivity index (χ0v) is 14.1. The third-order valence-electron chi connectivity index (χ3n) is 4.62. The van der Waals surface area contributed by atoms with Gasteiger partial charge in [0, 0.05) is 23.5 Å². The van der Waals surface area contributed by atoms with E-state index >= 15 is 0 Å². The van der Waals surface area contributed by atoms with Crippen LogP contribution < -0.4 is 10.6 Å². The van der Waals surface area contributed by atoms with Gasteiger partial charge in [0.25, 0.3) is 5.91 Å². The maximum absolute atomic E-state index is 12.7. The monoisotopic (exact) mass is 316 g/mol. The van der Waals surface area contributed by atoms with Crippen molar-refractivity contribution in [3.05, 3.63) is 34.8 Å². The molecule has 2 aromatic heterocycles. The Labute approximate surface area is 136 Å². The van der Waals surface area contributed by atoms with E-state index in [1.54, 1.807) is 0 Å². The van der Waals surface area contributed by atoms with Crippen LogP contribution >= 0.6 is 0 Å². The van der Waals surface area contributed by atoms with Crippen molar-refractivity contribution in [3.8, 4) is 5.82 Å². The first kappa shape index (κ1) is 15.8. The maximum atomic E-state index is 12.7. The largest absolute Gasteiger partial charge is 0.360 e. The molecule has 0 aromatic carbocycles. The van der Waals surface area contributed by atoms with Crippen LogP contribution in [0.5, 0.6) is 0 Å². The van der Waals surface area contributed by atoms with Crippen LogP contribution in [0.25, 0.3) is 5.82 Å². The first-order valence-corrected chi connectivity index (χ1v) is 8.11. The molecule has 1 fully saturated rings. The molecule has 6 nitrogen and oxygen atoms in total. The Balaban J connectivity index is 1.84. The molecule has 2 unspecified atom stereocenters. The SMILES string of the molecule is Cc1cc(-n2c(C)cc(C(=O)NC3CCNCC3C)c2C)no1. The lowest BCUT2D eigenvalue weighted by atomic mass is 9.95. The quantitative estimate of drug-likeness (QED) is 0.910. The molecule has 6 heteroatoms. The smallest absolute Gasteiger partial charge is 0.253 e. The number of hydrogen-bond donors (Lipinski definition) is 2. The Hall–Kier alpha value is -2.08. The molecule has 1 aliphatic heterocycles. The molecule has 2 N–H and O–H groups in total. The lowest BCUT2D eigenvalue weighted by Gasteiger charge is -2.30. The molecule has 3 heterocycles. The predicted molar refractivity (Wildman–Crippen MR) is 87.9 cm³/mol. The highest BCUT2D eigenvalue weighted by molar-refractivity contribution is 5.96. The fraction of sp³-hybridized carbons (Fsp3) is 0.529. The molecule has 124 valence electrons. The van der Waals surface area contributed by atoms with E-state index in [0.717, 1.165) is 36.7 Å². The number of nitrogens with zero attached hydrogens (tertiary/aromatic N) is 2. The van der Waals surface area contributed by atoms with Gasteiger partial charge >= 0.3 is 0 Å². The maximum Gasteiger partial charge on any atom is 0.253 e. The van der Waals surface area contributed by atoms with Crippen LogP contribution in [0.1, 0.15) is 40.9 Å². The van der Waals surface area contributed by atoms with Gasteiger partial charge in [-0.3, -0.25) is 9.36 Å². The zero-order chi connectivity index (χ0) is 16.6. The summed E-state index contributed by atoms with van der Waals surface area (Å²) in [4.78, 5) is 12.7. The fourth-order valence-electron chi connectivity index (χ4n) is 3.28. The van der Waals surface area contributed by atoms with Gasteiger partial charge < -0.3 is 15.2 Å². The highest BCUT2D eigenvalue weighted by Gasteiger charge is 2.25. The first-order chi connectivity index (χ1) is 11.0.